The minimum Gasteiger partial charge on any atom is -0.347 e. The van der Waals surface area contributed by atoms with Gasteiger partial charge in [-0.15, -0.1) is 0 Å². The number of hydrogen-bond donors (Lipinski definition) is 2. The summed E-state index contributed by atoms with van der Waals surface area (Å²) in [4.78, 5) is 20.4. The molecule has 0 unspecified atom stereocenters. The van der Waals surface area contributed by atoms with E-state index < -0.39 is 0 Å². The lowest BCUT2D eigenvalue weighted by molar-refractivity contribution is 0.0946. The molecule has 0 aliphatic carbocycles. The van der Waals surface area contributed by atoms with Gasteiger partial charge in [0.05, 0.1) is 0 Å². The maximum atomic E-state index is 12.9. The lowest BCUT2D eigenvalue weighted by Gasteiger charge is -2.10. The smallest absolute Gasteiger partial charge is 0.270 e. The summed E-state index contributed by atoms with van der Waals surface area (Å²) in [7, 11) is 0. The Bertz CT molecular complexity index is 931. The summed E-state index contributed by atoms with van der Waals surface area (Å²) in [5.74, 6) is -0.178. The van der Waals surface area contributed by atoms with E-state index in [9.17, 15) is 9.18 Å². The average molecular weight is 371 g/mol. The van der Waals surface area contributed by atoms with Crippen LogP contribution in [0.3, 0.4) is 0 Å². The predicted molar refractivity (Wildman–Crippen MR) is 99.1 cm³/mol. The van der Waals surface area contributed by atoms with Crippen LogP contribution >= 0.6 is 11.6 Å². The summed E-state index contributed by atoms with van der Waals surface area (Å²) in [5.41, 5.74) is 2.70. The predicted octanol–water partition coefficient (Wildman–Crippen LogP) is 4.25. The molecule has 1 amide bonds. The molecule has 0 aliphatic rings. The highest BCUT2D eigenvalue weighted by Crippen LogP contribution is 2.25. The van der Waals surface area contributed by atoms with Crippen molar-refractivity contribution in [2.75, 3.05) is 5.32 Å². The fourth-order valence-electron chi connectivity index (χ4n) is 2.31. The standard InChI is InChI=1S/C19H16ClFN4O/c1-12-15(20)3-2-4-16(12)25-18-9-17(23-11-24-18)19(26)22-10-13-5-7-14(21)8-6-13/h2-9,11H,10H2,1H3,(H,22,26)(H,23,24,25). The lowest BCUT2D eigenvalue weighted by atomic mass is 10.2. The average Bonchev–Trinajstić information content (AvgIpc) is 2.65. The maximum Gasteiger partial charge on any atom is 0.270 e. The lowest BCUT2D eigenvalue weighted by Crippen LogP contribution is -2.24. The molecule has 26 heavy (non-hydrogen) atoms. The minimum absolute atomic E-state index is 0.226. The molecular formula is C19H16ClFN4O. The molecule has 0 bridgehead atoms. The zero-order valence-electron chi connectivity index (χ0n) is 14.0. The van der Waals surface area contributed by atoms with Crippen LogP contribution in [-0.2, 0) is 6.54 Å². The topological polar surface area (TPSA) is 66.9 Å². The van der Waals surface area contributed by atoms with Gasteiger partial charge in [0.2, 0.25) is 0 Å². The molecule has 1 aromatic heterocycles. The van der Waals surface area contributed by atoms with Crippen LogP contribution in [0.2, 0.25) is 5.02 Å². The van der Waals surface area contributed by atoms with E-state index in [1.54, 1.807) is 24.3 Å². The Morgan fingerprint density at radius 3 is 2.69 bits per heavy atom. The summed E-state index contributed by atoms with van der Waals surface area (Å²) in [6.07, 6.45) is 1.31. The van der Waals surface area contributed by atoms with Crippen LogP contribution in [0.15, 0.2) is 54.9 Å². The van der Waals surface area contributed by atoms with E-state index in [1.165, 1.54) is 18.5 Å². The van der Waals surface area contributed by atoms with Crippen molar-refractivity contribution in [1.82, 2.24) is 15.3 Å². The van der Waals surface area contributed by atoms with E-state index >= 15 is 0 Å². The van der Waals surface area contributed by atoms with Crippen molar-refractivity contribution in [3.8, 4) is 0 Å². The molecule has 1 heterocycles. The number of rotatable bonds is 5. The third-order valence-corrected chi connectivity index (χ3v) is 4.21. The molecule has 3 aromatic rings. The number of carbonyl (C=O) groups excluding carboxylic acids is 1. The van der Waals surface area contributed by atoms with Gasteiger partial charge in [-0.05, 0) is 42.3 Å². The quantitative estimate of drug-likeness (QED) is 0.704. The number of nitrogens with zero attached hydrogens (tertiary/aromatic N) is 2. The molecule has 0 atom stereocenters. The van der Waals surface area contributed by atoms with Crippen LogP contribution < -0.4 is 10.6 Å². The number of nitrogens with one attached hydrogen (secondary N) is 2. The molecule has 0 spiro atoms. The number of carbonyl (C=O) groups is 1. The normalized spacial score (nSPS) is 10.4. The van der Waals surface area contributed by atoms with Gasteiger partial charge in [0.1, 0.15) is 23.7 Å². The van der Waals surface area contributed by atoms with Crippen molar-refractivity contribution in [1.29, 1.82) is 0 Å². The Balaban J connectivity index is 1.69. The summed E-state index contributed by atoms with van der Waals surface area (Å²) in [6, 6.07) is 13.0. The van der Waals surface area contributed by atoms with Crippen LogP contribution in [0.4, 0.5) is 15.9 Å². The van der Waals surface area contributed by atoms with Crippen molar-refractivity contribution < 1.29 is 9.18 Å². The second-order valence-electron chi connectivity index (χ2n) is 5.64. The van der Waals surface area contributed by atoms with Crippen LogP contribution in [-0.4, -0.2) is 15.9 Å². The number of hydrogen-bond acceptors (Lipinski definition) is 4. The molecule has 7 heteroatoms. The SMILES string of the molecule is Cc1c(Cl)cccc1Nc1cc(C(=O)NCc2ccc(F)cc2)ncn1. The molecule has 5 nitrogen and oxygen atoms in total. The molecular weight excluding hydrogens is 355 g/mol. The molecule has 0 saturated carbocycles. The Labute approximate surface area is 155 Å². The van der Waals surface area contributed by atoms with Crippen molar-refractivity contribution in [2.24, 2.45) is 0 Å². The molecule has 0 aliphatic heterocycles. The molecule has 0 fully saturated rings. The molecule has 0 saturated heterocycles. The van der Waals surface area contributed by atoms with E-state index in [-0.39, 0.29) is 24.0 Å². The maximum absolute atomic E-state index is 12.9. The Hall–Kier alpha value is -2.99. The number of halogens is 2. The van der Waals surface area contributed by atoms with E-state index in [2.05, 4.69) is 20.6 Å². The van der Waals surface area contributed by atoms with E-state index in [0.29, 0.717) is 10.8 Å². The van der Waals surface area contributed by atoms with Crippen LogP contribution in [0.25, 0.3) is 0 Å². The first-order chi connectivity index (χ1) is 12.5. The minimum atomic E-state index is -0.345. The Morgan fingerprint density at radius 1 is 1.15 bits per heavy atom. The monoisotopic (exact) mass is 370 g/mol. The Kier molecular flexibility index (Phi) is 5.43. The first-order valence-electron chi connectivity index (χ1n) is 7.90. The molecule has 0 radical (unpaired) electrons. The first-order valence-corrected chi connectivity index (χ1v) is 8.27. The van der Waals surface area contributed by atoms with Gasteiger partial charge in [0, 0.05) is 23.3 Å². The third kappa shape index (κ3) is 4.34. The summed E-state index contributed by atoms with van der Waals surface area (Å²) >= 11 is 6.11. The largest absolute Gasteiger partial charge is 0.347 e. The van der Waals surface area contributed by atoms with Crippen LogP contribution in [0, 0.1) is 12.7 Å². The van der Waals surface area contributed by atoms with E-state index in [1.807, 2.05) is 19.1 Å². The Morgan fingerprint density at radius 2 is 1.92 bits per heavy atom. The summed E-state index contributed by atoms with van der Waals surface area (Å²) in [6.45, 7) is 2.17. The summed E-state index contributed by atoms with van der Waals surface area (Å²) in [5, 5.41) is 6.52. The first kappa shape index (κ1) is 17.8. The second-order valence-corrected chi connectivity index (χ2v) is 6.04. The molecule has 3 rings (SSSR count). The van der Waals surface area contributed by atoms with Crippen molar-refractivity contribution >= 4 is 29.0 Å². The van der Waals surface area contributed by atoms with Crippen LogP contribution in [0.1, 0.15) is 21.6 Å². The molecule has 2 aromatic carbocycles. The number of amides is 1. The van der Waals surface area contributed by atoms with E-state index in [4.69, 9.17) is 11.6 Å². The zero-order valence-corrected chi connectivity index (χ0v) is 14.7. The van der Waals surface area contributed by atoms with Crippen molar-refractivity contribution in [2.45, 2.75) is 13.5 Å². The molecule has 132 valence electrons. The van der Waals surface area contributed by atoms with E-state index in [0.717, 1.165) is 16.8 Å². The fraction of sp³-hybridized carbons (Fsp3) is 0.105. The molecule has 2 N–H and O–H groups in total. The number of aromatic nitrogens is 2. The highest BCUT2D eigenvalue weighted by molar-refractivity contribution is 6.31. The highest BCUT2D eigenvalue weighted by Gasteiger charge is 2.10. The number of anilines is 2. The van der Waals surface area contributed by atoms with Crippen molar-refractivity contribution in [3.05, 3.63) is 82.5 Å². The van der Waals surface area contributed by atoms with Gasteiger partial charge in [-0.1, -0.05) is 29.8 Å². The number of benzene rings is 2. The van der Waals surface area contributed by atoms with Crippen LogP contribution in [0.5, 0.6) is 0 Å². The zero-order chi connectivity index (χ0) is 18.5. The van der Waals surface area contributed by atoms with Gasteiger partial charge in [0.15, 0.2) is 0 Å². The fourth-order valence-corrected chi connectivity index (χ4v) is 2.48. The highest BCUT2D eigenvalue weighted by atomic mass is 35.5. The van der Waals surface area contributed by atoms with Crippen molar-refractivity contribution in [3.63, 3.8) is 0 Å². The van der Waals surface area contributed by atoms with Gasteiger partial charge in [-0.2, -0.15) is 0 Å². The van der Waals surface area contributed by atoms with Gasteiger partial charge >= 0.3 is 0 Å². The third-order valence-electron chi connectivity index (χ3n) is 3.80. The second kappa shape index (κ2) is 7.93. The van der Waals surface area contributed by atoms with Gasteiger partial charge in [0.25, 0.3) is 5.91 Å². The summed E-state index contributed by atoms with van der Waals surface area (Å²) < 4.78 is 12.9. The van der Waals surface area contributed by atoms with Gasteiger partial charge in [-0.3, -0.25) is 4.79 Å². The van der Waals surface area contributed by atoms with Gasteiger partial charge in [-0.25, -0.2) is 14.4 Å². The van der Waals surface area contributed by atoms with Gasteiger partial charge < -0.3 is 10.6 Å².